The minimum Gasteiger partial charge on any atom is -0.493 e. The van der Waals surface area contributed by atoms with Gasteiger partial charge in [-0.05, 0) is 61.6 Å². The number of nitrogens with zero attached hydrogens (tertiary/aromatic N) is 2. The number of aryl methyl sites for hydroxylation is 1. The predicted octanol–water partition coefficient (Wildman–Crippen LogP) is 6.05. The summed E-state index contributed by atoms with van der Waals surface area (Å²) in [5, 5.41) is -0.283. The van der Waals surface area contributed by atoms with Gasteiger partial charge in [-0.25, -0.2) is 19.1 Å². The number of nitrogens with one attached hydrogen (secondary N) is 1. The number of benzene rings is 1. The quantitative estimate of drug-likeness (QED) is 0.347. The summed E-state index contributed by atoms with van der Waals surface area (Å²) in [4.78, 5) is 21.6. The van der Waals surface area contributed by atoms with Crippen LogP contribution in [0.15, 0.2) is 53.6 Å². The summed E-state index contributed by atoms with van der Waals surface area (Å²) < 4.78 is 53.8. The molecule has 38 heavy (non-hydrogen) atoms. The molecule has 0 aliphatic rings. The molecule has 0 aliphatic carbocycles. The molecule has 2 heterocycles. The number of hydrogen-bond donors (Lipinski definition) is 1. The van der Waals surface area contributed by atoms with E-state index in [0.29, 0.717) is 29.3 Å². The number of pyridine rings is 2. The molecule has 1 amide bonds. The maximum absolute atomic E-state index is 14.4. The van der Waals surface area contributed by atoms with Crippen LogP contribution in [0.4, 0.5) is 4.39 Å². The van der Waals surface area contributed by atoms with Gasteiger partial charge in [-0.2, -0.15) is 8.42 Å². The van der Waals surface area contributed by atoms with Gasteiger partial charge in [0, 0.05) is 20.2 Å². The first-order chi connectivity index (χ1) is 17.7. The van der Waals surface area contributed by atoms with Gasteiger partial charge in [-0.15, -0.1) is 0 Å². The van der Waals surface area contributed by atoms with Crippen molar-refractivity contribution in [3.05, 3.63) is 65.6 Å². The van der Waals surface area contributed by atoms with Crippen LogP contribution in [0.5, 0.6) is 11.6 Å². The van der Waals surface area contributed by atoms with Crippen LogP contribution >= 0.6 is 0 Å². The van der Waals surface area contributed by atoms with Crippen molar-refractivity contribution in [2.45, 2.75) is 59.6 Å². The summed E-state index contributed by atoms with van der Waals surface area (Å²) >= 11 is 0. The fourth-order valence-corrected chi connectivity index (χ4v) is 4.14. The van der Waals surface area contributed by atoms with Gasteiger partial charge in [0.05, 0.1) is 12.3 Å². The van der Waals surface area contributed by atoms with E-state index in [0.717, 1.165) is 0 Å². The molecule has 0 fully saturated rings. The molecule has 0 saturated carbocycles. The fourth-order valence-electron chi connectivity index (χ4n) is 3.16. The molecule has 0 spiro atoms. The molecule has 3 rings (SSSR count). The van der Waals surface area contributed by atoms with Gasteiger partial charge >= 0.3 is 0 Å². The third kappa shape index (κ3) is 7.50. The molecule has 0 bridgehead atoms. The Kier molecular flexibility index (Phi) is 8.76. The van der Waals surface area contributed by atoms with Crippen LogP contribution in [0, 0.1) is 24.1 Å². The molecule has 3 aromatic rings. The SMILES string of the molecule is Cc1cccc(S(=O)(=O)NC(=O)c2ccc(-c3cc(F)cc(OCC(C)C)c3)nc2OC(C)C(C)(C)C)n1.[HH].[HH]. The lowest BCUT2D eigenvalue weighted by Gasteiger charge is -2.28. The van der Waals surface area contributed by atoms with Gasteiger partial charge in [-0.1, -0.05) is 40.7 Å². The van der Waals surface area contributed by atoms with E-state index in [4.69, 9.17) is 9.47 Å². The van der Waals surface area contributed by atoms with E-state index < -0.39 is 27.9 Å². The van der Waals surface area contributed by atoms with Gasteiger partial charge in [-0.3, -0.25) is 4.79 Å². The zero-order valence-electron chi connectivity index (χ0n) is 22.7. The Bertz CT molecular complexity index is 1430. The predicted molar refractivity (Wildman–Crippen MR) is 147 cm³/mol. The summed E-state index contributed by atoms with van der Waals surface area (Å²) in [5.74, 6) is -0.915. The average molecular weight is 548 g/mol. The van der Waals surface area contributed by atoms with Crippen molar-refractivity contribution >= 4 is 15.9 Å². The molecule has 10 heteroatoms. The highest BCUT2D eigenvalue weighted by molar-refractivity contribution is 7.90. The zero-order valence-corrected chi connectivity index (χ0v) is 23.5. The van der Waals surface area contributed by atoms with E-state index in [-0.39, 0.29) is 30.7 Å². The van der Waals surface area contributed by atoms with Crippen LogP contribution in [0.1, 0.15) is 60.4 Å². The Morgan fingerprint density at radius 3 is 2.42 bits per heavy atom. The Morgan fingerprint density at radius 2 is 1.79 bits per heavy atom. The third-order valence-corrected chi connectivity index (χ3v) is 6.96. The van der Waals surface area contributed by atoms with E-state index in [1.165, 1.54) is 36.4 Å². The minimum absolute atomic E-state index is 0. The lowest BCUT2D eigenvalue weighted by molar-refractivity contribution is 0.0899. The van der Waals surface area contributed by atoms with E-state index in [9.17, 15) is 17.6 Å². The molecule has 0 radical (unpaired) electrons. The molecule has 1 N–H and O–H groups in total. The lowest BCUT2D eigenvalue weighted by atomic mass is 9.90. The third-order valence-electron chi connectivity index (χ3n) is 5.73. The Labute approximate surface area is 226 Å². The number of carbonyl (C=O) groups is 1. The van der Waals surface area contributed by atoms with Gasteiger partial charge in [0.25, 0.3) is 15.9 Å². The van der Waals surface area contributed by atoms with Crippen molar-refractivity contribution in [1.29, 1.82) is 0 Å². The first kappa shape index (κ1) is 29.0. The van der Waals surface area contributed by atoms with Crippen molar-refractivity contribution in [2.24, 2.45) is 11.3 Å². The highest BCUT2D eigenvalue weighted by Crippen LogP contribution is 2.31. The van der Waals surface area contributed by atoms with Crippen molar-refractivity contribution in [3.63, 3.8) is 0 Å². The van der Waals surface area contributed by atoms with E-state index in [1.54, 1.807) is 19.1 Å². The fraction of sp³-hybridized carbons (Fsp3) is 0.393. The second-order valence-corrected chi connectivity index (χ2v) is 12.2. The average Bonchev–Trinajstić information content (AvgIpc) is 2.81. The summed E-state index contributed by atoms with van der Waals surface area (Å²) in [6.45, 7) is 13.7. The number of aromatic nitrogens is 2. The maximum atomic E-state index is 14.4. The van der Waals surface area contributed by atoms with Crippen LogP contribution in [0.25, 0.3) is 11.3 Å². The number of sulfonamides is 1. The van der Waals surface area contributed by atoms with Crippen molar-refractivity contribution in [3.8, 4) is 22.9 Å². The summed E-state index contributed by atoms with van der Waals surface area (Å²) in [6.07, 6.45) is -0.399. The highest BCUT2D eigenvalue weighted by Gasteiger charge is 2.28. The van der Waals surface area contributed by atoms with Crippen molar-refractivity contribution < 1.29 is 29.9 Å². The second-order valence-electron chi connectivity index (χ2n) is 10.6. The van der Waals surface area contributed by atoms with E-state index >= 15 is 0 Å². The first-order valence-corrected chi connectivity index (χ1v) is 13.8. The normalized spacial score (nSPS) is 12.8. The number of ether oxygens (including phenoxy) is 2. The molecule has 208 valence electrons. The summed E-state index contributed by atoms with van der Waals surface area (Å²) in [5.41, 5.74) is 0.824. The van der Waals surface area contributed by atoms with Crippen molar-refractivity contribution in [1.82, 2.24) is 14.7 Å². The second kappa shape index (κ2) is 11.5. The van der Waals surface area contributed by atoms with Crippen LogP contribution in [-0.4, -0.2) is 37.0 Å². The summed E-state index contributed by atoms with van der Waals surface area (Å²) in [6, 6.07) is 11.6. The van der Waals surface area contributed by atoms with Crippen molar-refractivity contribution in [2.75, 3.05) is 6.61 Å². The molecular weight excluding hydrogens is 509 g/mol. The van der Waals surface area contributed by atoms with Gasteiger partial charge in [0.2, 0.25) is 5.88 Å². The van der Waals surface area contributed by atoms with Crippen LogP contribution in [0.2, 0.25) is 0 Å². The molecule has 1 unspecified atom stereocenters. The molecular formula is C28H38FN3O5S. The molecule has 1 aromatic carbocycles. The number of hydrogen-bond acceptors (Lipinski definition) is 7. The maximum Gasteiger partial charge on any atom is 0.281 e. The monoisotopic (exact) mass is 547 g/mol. The molecule has 2 aromatic heterocycles. The number of rotatable bonds is 9. The zero-order chi connectivity index (χ0) is 28.3. The molecule has 0 saturated heterocycles. The van der Waals surface area contributed by atoms with Crippen LogP contribution in [0.3, 0.4) is 0 Å². The molecule has 1 atom stereocenters. The van der Waals surface area contributed by atoms with Gasteiger partial charge in [0.1, 0.15) is 23.2 Å². The highest BCUT2D eigenvalue weighted by atomic mass is 32.2. The Balaban J connectivity index is 0.00000400. The smallest absolute Gasteiger partial charge is 0.281 e. The summed E-state index contributed by atoms with van der Waals surface area (Å²) in [7, 11) is -4.25. The van der Waals surface area contributed by atoms with E-state index in [1.807, 2.05) is 46.3 Å². The van der Waals surface area contributed by atoms with Gasteiger partial charge in [0.15, 0.2) is 5.03 Å². The Hall–Kier alpha value is -3.53. The largest absolute Gasteiger partial charge is 0.493 e. The number of amides is 1. The number of halogens is 1. The Morgan fingerprint density at radius 1 is 1.08 bits per heavy atom. The molecule has 0 aliphatic heterocycles. The topological polar surface area (TPSA) is 107 Å². The lowest BCUT2D eigenvalue weighted by Crippen LogP contribution is -2.33. The first-order valence-electron chi connectivity index (χ1n) is 12.3. The molecule has 8 nitrogen and oxygen atoms in total. The van der Waals surface area contributed by atoms with Crippen LogP contribution in [-0.2, 0) is 10.0 Å². The van der Waals surface area contributed by atoms with E-state index in [2.05, 4.69) is 9.97 Å². The van der Waals surface area contributed by atoms with Gasteiger partial charge < -0.3 is 9.47 Å². The van der Waals surface area contributed by atoms with Crippen LogP contribution < -0.4 is 14.2 Å². The minimum atomic E-state index is -4.25. The standard InChI is InChI=1S/C28H34FN3O5S.2H2/c1-17(2)16-36-22-14-20(13-21(29)15-22)24-12-11-23(27(31-24)37-19(4)28(5,6)7)26(33)32-38(34,35)25-10-8-9-18(3)30-25;;/h8-15,17,19H,16H2,1-7H3,(H,32,33);2*1H. The number of carbonyl (C=O) groups excluding carboxylic acids is 1.